The molecule has 0 saturated heterocycles. The number of benzene rings is 1. The minimum Gasteiger partial charge on any atom is -0.334 e. The predicted molar refractivity (Wildman–Crippen MR) is 113 cm³/mol. The highest BCUT2D eigenvalue weighted by Crippen LogP contribution is 2.33. The Kier molecular flexibility index (Phi) is 5.42. The van der Waals surface area contributed by atoms with E-state index in [-0.39, 0.29) is 18.0 Å². The second-order valence-electron chi connectivity index (χ2n) is 7.33. The molecule has 2 amide bonds. The summed E-state index contributed by atoms with van der Waals surface area (Å²) in [5.41, 5.74) is 4.37. The summed E-state index contributed by atoms with van der Waals surface area (Å²) in [5.74, 6) is 1.04. The van der Waals surface area contributed by atoms with Crippen LogP contribution in [0, 0.1) is 13.8 Å². The molecule has 0 aliphatic heterocycles. The number of hydrogen-bond donors (Lipinski definition) is 2. The fourth-order valence-electron chi connectivity index (χ4n) is 3.91. The number of nitrogens with zero attached hydrogens (tertiary/aromatic N) is 3. The van der Waals surface area contributed by atoms with Crippen molar-refractivity contribution >= 4 is 6.03 Å². The number of nitrogens with one attached hydrogen (secondary N) is 2. The third kappa shape index (κ3) is 4.21. The second-order valence-corrected chi connectivity index (χ2v) is 7.33. The van der Waals surface area contributed by atoms with E-state index in [1.807, 2.05) is 60.1 Å². The topological polar surface area (TPSA) is 71.8 Å². The van der Waals surface area contributed by atoms with Crippen LogP contribution in [0.25, 0.3) is 5.82 Å². The molecule has 0 fully saturated rings. The van der Waals surface area contributed by atoms with E-state index >= 15 is 0 Å². The first-order valence-corrected chi connectivity index (χ1v) is 9.86. The lowest BCUT2D eigenvalue weighted by molar-refractivity contribution is 0.238. The smallest absolute Gasteiger partial charge is 0.315 e. The van der Waals surface area contributed by atoms with Gasteiger partial charge >= 0.3 is 6.03 Å². The molecule has 2 atom stereocenters. The lowest BCUT2D eigenvalue weighted by Gasteiger charge is -2.15. The molecule has 0 spiro atoms. The highest BCUT2D eigenvalue weighted by Gasteiger charge is 2.27. The van der Waals surface area contributed by atoms with Crippen molar-refractivity contribution in [3.8, 4) is 5.82 Å². The Hall–Kier alpha value is -3.41. The SMILES string of the molecule is Cc1nn(-c2ccccn2)c(C)c1[C@@H]1C=C[C@@H](NC(=O)NCc2ccccc2)C1. The highest BCUT2D eigenvalue weighted by atomic mass is 16.2. The number of urea groups is 1. The van der Waals surface area contributed by atoms with Gasteiger partial charge in [0.1, 0.15) is 0 Å². The van der Waals surface area contributed by atoms with Crippen LogP contribution in [0.1, 0.15) is 34.9 Å². The van der Waals surface area contributed by atoms with Crippen molar-refractivity contribution in [1.82, 2.24) is 25.4 Å². The van der Waals surface area contributed by atoms with Crippen LogP contribution in [0.3, 0.4) is 0 Å². The molecule has 6 nitrogen and oxygen atoms in total. The number of pyridine rings is 1. The summed E-state index contributed by atoms with van der Waals surface area (Å²) in [6.07, 6.45) is 6.84. The third-order valence-electron chi connectivity index (χ3n) is 5.28. The van der Waals surface area contributed by atoms with E-state index in [2.05, 4.69) is 34.7 Å². The number of hydrogen-bond acceptors (Lipinski definition) is 3. The number of carbonyl (C=O) groups excluding carboxylic acids is 1. The molecule has 6 heteroatoms. The van der Waals surface area contributed by atoms with E-state index in [1.165, 1.54) is 5.56 Å². The van der Waals surface area contributed by atoms with Crippen LogP contribution in [-0.2, 0) is 6.54 Å². The Labute approximate surface area is 170 Å². The van der Waals surface area contributed by atoms with Crippen molar-refractivity contribution in [2.24, 2.45) is 0 Å². The number of carbonyl (C=O) groups is 1. The fraction of sp³-hybridized carbons (Fsp3) is 0.261. The molecular formula is C23H25N5O. The van der Waals surface area contributed by atoms with E-state index in [9.17, 15) is 4.79 Å². The van der Waals surface area contributed by atoms with Crippen molar-refractivity contribution in [3.05, 3.63) is 89.4 Å². The van der Waals surface area contributed by atoms with Gasteiger partial charge in [-0.1, -0.05) is 48.6 Å². The van der Waals surface area contributed by atoms with Gasteiger partial charge in [-0.15, -0.1) is 0 Å². The first-order chi connectivity index (χ1) is 14.1. The van der Waals surface area contributed by atoms with Gasteiger partial charge in [-0.25, -0.2) is 14.5 Å². The van der Waals surface area contributed by atoms with Gasteiger partial charge in [-0.2, -0.15) is 5.10 Å². The molecule has 1 aliphatic rings. The standard InChI is InChI=1S/C23H25N5O/c1-16-22(17(2)28(27-16)21-10-6-7-13-24-21)19-11-12-20(14-19)26-23(29)25-15-18-8-4-3-5-9-18/h3-13,19-20H,14-15H2,1-2H3,(H2,25,26,29)/t19-,20-/m1/s1. The quantitative estimate of drug-likeness (QED) is 0.654. The van der Waals surface area contributed by atoms with Gasteiger partial charge in [-0.3, -0.25) is 0 Å². The molecule has 0 radical (unpaired) electrons. The van der Waals surface area contributed by atoms with Crippen LogP contribution in [0.2, 0.25) is 0 Å². The summed E-state index contributed by atoms with van der Waals surface area (Å²) in [5, 5.41) is 10.7. The summed E-state index contributed by atoms with van der Waals surface area (Å²) in [6, 6.07) is 15.6. The largest absolute Gasteiger partial charge is 0.334 e. The fourth-order valence-corrected chi connectivity index (χ4v) is 3.91. The van der Waals surface area contributed by atoms with Crippen molar-refractivity contribution in [2.75, 3.05) is 0 Å². The number of amides is 2. The van der Waals surface area contributed by atoms with Crippen molar-refractivity contribution < 1.29 is 4.79 Å². The van der Waals surface area contributed by atoms with Crippen molar-refractivity contribution in [3.63, 3.8) is 0 Å². The molecule has 2 N–H and O–H groups in total. The zero-order chi connectivity index (χ0) is 20.2. The van der Waals surface area contributed by atoms with E-state index in [0.29, 0.717) is 6.54 Å². The summed E-state index contributed by atoms with van der Waals surface area (Å²) < 4.78 is 1.89. The lowest BCUT2D eigenvalue weighted by atomic mass is 9.96. The number of allylic oxidation sites excluding steroid dienone is 1. The number of rotatable bonds is 5. The predicted octanol–water partition coefficient (Wildman–Crippen LogP) is 3.80. The van der Waals surface area contributed by atoms with Crippen LogP contribution in [0.5, 0.6) is 0 Å². The van der Waals surface area contributed by atoms with Gasteiger partial charge in [0, 0.05) is 36.0 Å². The molecule has 2 heterocycles. The van der Waals surface area contributed by atoms with Gasteiger partial charge < -0.3 is 10.6 Å². The second kappa shape index (κ2) is 8.31. The van der Waals surface area contributed by atoms with Gasteiger partial charge in [0.05, 0.1) is 5.69 Å². The average molecular weight is 387 g/mol. The highest BCUT2D eigenvalue weighted by molar-refractivity contribution is 5.74. The van der Waals surface area contributed by atoms with E-state index < -0.39 is 0 Å². The zero-order valence-corrected chi connectivity index (χ0v) is 16.7. The Bertz CT molecular complexity index is 1010. The molecule has 0 bridgehead atoms. The maximum Gasteiger partial charge on any atom is 0.315 e. The van der Waals surface area contributed by atoms with Gasteiger partial charge in [0.15, 0.2) is 5.82 Å². The molecule has 1 aliphatic carbocycles. The average Bonchev–Trinajstić information content (AvgIpc) is 3.31. The Balaban J connectivity index is 1.38. The van der Waals surface area contributed by atoms with Crippen LogP contribution >= 0.6 is 0 Å². The Morgan fingerprint density at radius 3 is 2.66 bits per heavy atom. The van der Waals surface area contributed by atoms with E-state index in [4.69, 9.17) is 5.10 Å². The summed E-state index contributed by atoms with van der Waals surface area (Å²) in [7, 11) is 0. The lowest BCUT2D eigenvalue weighted by Crippen LogP contribution is -2.40. The van der Waals surface area contributed by atoms with Crippen molar-refractivity contribution in [2.45, 2.75) is 38.8 Å². The Morgan fingerprint density at radius 1 is 1.10 bits per heavy atom. The van der Waals surface area contributed by atoms with Gasteiger partial charge in [0.2, 0.25) is 0 Å². The van der Waals surface area contributed by atoms with Gasteiger partial charge in [0.25, 0.3) is 0 Å². The number of aryl methyl sites for hydroxylation is 1. The maximum atomic E-state index is 12.3. The summed E-state index contributed by atoms with van der Waals surface area (Å²) >= 11 is 0. The summed E-state index contributed by atoms with van der Waals surface area (Å²) in [6.45, 7) is 4.62. The monoisotopic (exact) mass is 387 g/mol. The van der Waals surface area contributed by atoms with Crippen LogP contribution in [0.15, 0.2) is 66.9 Å². The molecule has 0 unspecified atom stereocenters. The molecule has 3 aromatic rings. The molecule has 148 valence electrons. The Morgan fingerprint density at radius 2 is 1.90 bits per heavy atom. The van der Waals surface area contributed by atoms with E-state index in [0.717, 1.165) is 29.2 Å². The number of aromatic nitrogens is 3. The third-order valence-corrected chi connectivity index (χ3v) is 5.28. The molecule has 1 aromatic carbocycles. The van der Waals surface area contributed by atoms with Gasteiger partial charge in [-0.05, 0) is 38.0 Å². The van der Waals surface area contributed by atoms with E-state index in [1.54, 1.807) is 6.20 Å². The minimum absolute atomic E-state index is 0.00720. The molecular weight excluding hydrogens is 362 g/mol. The molecule has 4 rings (SSSR count). The first-order valence-electron chi connectivity index (χ1n) is 9.86. The molecule has 0 saturated carbocycles. The first kappa shape index (κ1) is 18.9. The molecule has 2 aromatic heterocycles. The van der Waals surface area contributed by atoms with Crippen molar-refractivity contribution in [1.29, 1.82) is 0 Å². The van der Waals surface area contributed by atoms with Crippen LogP contribution in [0.4, 0.5) is 4.79 Å². The summed E-state index contributed by atoms with van der Waals surface area (Å²) in [4.78, 5) is 16.7. The van der Waals surface area contributed by atoms with Crippen LogP contribution in [-0.4, -0.2) is 26.8 Å². The van der Waals surface area contributed by atoms with Crippen LogP contribution < -0.4 is 10.6 Å². The minimum atomic E-state index is -0.151. The normalized spacial score (nSPS) is 18.0. The molecule has 29 heavy (non-hydrogen) atoms. The zero-order valence-electron chi connectivity index (χ0n) is 16.7. The maximum absolute atomic E-state index is 12.3.